The molecule has 1 saturated carbocycles. The molecule has 4 rings (SSSR count). The number of aromatic nitrogens is 2. The number of rotatable bonds is 5. The first-order chi connectivity index (χ1) is 13.8. The van der Waals surface area contributed by atoms with Crippen LogP contribution in [0.5, 0.6) is 0 Å². The quantitative estimate of drug-likeness (QED) is 0.543. The van der Waals surface area contributed by atoms with Gasteiger partial charge in [0.25, 0.3) is 0 Å². The predicted molar refractivity (Wildman–Crippen MR) is 103 cm³/mol. The number of nitrogens with zero attached hydrogens (tertiary/aromatic N) is 2. The summed E-state index contributed by atoms with van der Waals surface area (Å²) in [6.07, 6.45) is -2.21. The zero-order valence-electron chi connectivity index (χ0n) is 15.3. The zero-order chi connectivity index (χ0) is 20.6. The normalized spacial score (nSPS) is 13.9. The highest BCUT2D eigenvalue weighted by atomic mass is 32.1. The summed E-state index contributed by atoms with van der Waals surface area (Å²) in [5.74, 6) is -0.0457. The summed E-state index contributed by atoms with van der Waals surface area (Å²) < 4.78 is 43.1. The lowest BCUT2D eigenvalue weighted by molar-refractivity contribution is -0.137. The minimum Gasteiger partial charge on any atom is -0.465 e. The molecule has 0 aliphatic heterocycles. The number of methoxy groups -OCH3 is 1. The van der Waals surface area contributed by atoms with E-state index in [1.54, 1.807) is 18.2 Å². The minimum absolute atomic E-state index is 0.351. The van der Waals surface area contributed by atoms with Crippen LogP contribution in [-0.2, 0) is 10.9 Å². The molecule has 1 aliphatic carbocycles. The molecule has 1 aromatic heterocycles. The van der Waals surface area contributed by atoms with E-state index in [9.17, 15) is 18.0 Å². The second kappa shape index (κ2) is 7.47. The molecule has 150 valence electrons. The first-order valence-corrected chi connectivity index (χ1v) is 9.67. The summed E-state index contributed by atoms with van der Waals surface area (Å²) in [4.78, 5) is 11.9. The van der Waals surface area contributed by atoms with E-state index in [1.807, 2.05) is 0 Å². The lowest BCUT2D eigenvalue weighted by atomic mass is 10.1. The van der Waals surface area contributed by atoms with E-state index in [0.717, 1.165) is 30.0 Å². The van der Waals surface area contributed by atoms with Crippen LogP contribution in [0.2, 0.25) is 0 Å². The molecule has 29 heavy (non-hydrogen) atoms. The summed E-state index contributed by atoms with van der Waals surface area (Å²) in [5.41, 5.74) is 1.36. The third-order valence-electron chi connectivity index (χ3n) is 4.53. The number of carbonyl (C=O) groups excluding carboxylic acids is 1. The van der Waals surface area contributed by atoms with Crippen LogP contribution in [0.25, 0.3) is 10.6 Å². The zero-order valence-corrected chi connectivity index (χ0v) is 16.1. The number of ether oxygens (including phenoxy) is 1. The number of esters is 1. The van der Waals surface area contributed by atoms with Crippen LogP contribution >= 0.6 is 11.3 Å². The van der Waals surface area contributed by atoms with Crippen LogP contribution < -0.4 is 5.32 Å². The second-order valence-electron chi connectivity index (χ2n) is 6.67. The molecule has 0 atom stereocenters. The van der Waals surface area contributed by atoms with Gasteiger partial charge in [0.1, 0.15) is 10.0 Å². The Morgan fingerprint density at radius 3 is 2.48 bits per heavy atom. The number of anilines is 2. The van der Waals surface area contributed by atoms with E-state index in [4.69, 9.17) is 4.74 Å². The third-order valence-corrected chi connectivity index (χ3v) is 5.65. The van der Waals surface area contributed by atoms with Crippen molar-refractivity contribution in [1.29, 1.82) is 0 Å². The van der Waals surface area contributed by atoms with E-state index >= 15 is 0 Å². The van der Waals surface area contributed by atoms with Gasteiger partial charge in [-0.2, -0.15) is 13.2 Å². The molecule has 2 aromatic carbocycles. The van der Waals surface area contributed by atoms with Gasteiger partial charge < -0.3 is 10.1 Å². The summed E-state index contributed by atoms with van der Waals surface area (Å²) in [5, 5.41) is 13.2. The van der Waals surface area contributed by atoms with Gasteiger partial charge in [-0.25, -0.2) is 4.79 Å². The predicted octanol–water partition coefficient (Wildman–Crippen LogP) is 5.63. The molecular weight excluding hydrogens is 403 g/mol. The van der Waals surface area contributed by atoms with Crippen molar-refractivity contribution in [2.24, 2.45) is 0 Å². The maximum atomic E-state index is 12.8. The number of carbonyl (C=O) groups is 1. The molecule has 0 amide bonds. The maximum absolute atomic E-state index is 12.8. The molecule has 1 N–H and O–H groups in total. The van der Waals surface area contributed by atoms with Gasteiger partial charge in [-0.05, 0) is 55.3 Å². The highest BCUT2D eigenvalue weighted by molar-refractivity contribution is 7.14. The van der Waals surface area contributed by atoms with E-state index in [1.165, 1.54) is 30.6 Å². The van der Waals surface area contributed by atoms with Gasteiger partial charge in [0.05, 0.1) is 18.2 Å². The molecule has 0 bridgehead atoms. The highest BCUT2D eigenvalue weighted by Crippen LogP contribution is 2.44. The Labute approximate surface area is 168 Å². The van der Waals surface area contributed by atoms with Crippen molar-refractivity contribution in [3.63, 3.8) is 0 Å². The van der Waals surface area contributed by atoms with E-state index in [0.29, 0.717) is 33.4 Å². The fourth-order valence-electron chi connectivity index (χ4n) is 2.81. The van der Waals surface area contributed by atoms with Gasteiger partial charge >= 0.3 is 12.1 Å². The van der Waals surface area contributed by atoms with Crippen LogP contribution in [0.4, 0.5) is 24.5 Å². The fourth-order valence-corrected chi connectivity index (χ4v) is 3.85. The minimum atomic E-state index is -4.39. The van der Waals surface area contributed by atoms with Crippen LogP contribution in [0.1, 0.15) is 39.7 Å². The van der Waals surface area contributed by atoms with Crippen LogP contribution in [0.15, 0.2) is 42.5 Å². The second-order valence-corrected chi connectivity index (χ2v) is 7.68. The maximum Gasteiger partial charge on any atom is 0.416 e. The average Bonchev–Trinajstić information content (AvgIpc) is 3.44. The third kappa shape index (κ3) is 4.24. The standard InChI is InChI=1S/C20H16F3N3O2S/c1-28-19(27)12-4-9-16(24-14-7-5-13(6-8-14)20(21,22)23)15(10-12)18-26-25-17(29-18)11-2-3-11/h4-11,24H,2-3H2,1H3. The molecule has 0 spiro atoms. The Kier molecular flexibility index (Phi) is 4.99. The number of hydrogen-bond acceptors (Lipinski definition) is 6. The SMILES string of the molecule is COC(=O)c1ccc(Nc2ccc(C(F)(F)F)cc2)c(-c2nnc(C3CC3)s2)c1. The molecule has 0 unspecified atom stereocenters. The number of alkyl halides is 3. The first-order valence-electron chi connectivity index (χ1n) is 8.85. The van der Waals surface area contributed by atoms with Crippen molar-refractivity contribution in [2.75, 3.05) is 12.4 Å². The van der Waals surface area contributed by atoms with Gasteiger partial charge in [-0.3, -0.25) is 0 Å². The number of benzene rings is 2. The number of halogens is 3. The first kappa shape index (κ1) is 19.4. The summed E-state index contributed by atoms with van der Waals surface area (Å²) in [6, 6.07) is 9.66. The van der Waals surface area contributed by atoms with Crippen molar-refractivity contribution in [3.05, 3.63) is 58.6 Å². The molecule has 1 fully saturated rings. The lowest BCUT2D eigenvalue weighted by Crippen LogP contribution is -2.05. The smallest absolute Gasteiger partial charge is 0.416 e. The van der Waals surface area contributed by atoms with E-state index in [2.05, 4.69) is 15.5 Å². The Morgan fingerprint density at radius 2 is 1.86 bits per heavy atom. The van der Waals surface area contributed by atoms with Crippen molar-refractivity contribution >= 4 is 28.7 Å². The topological polar surface area (TPSA) is 64.1 Å². The molecule has 9 heteroatoms. The largest absolute Gasteiger partial charge is 0.465 e. The number of nitrogens with one attached hydrogen (secondary N) is 1. The Hall–Kier alpha value is -2.94. The lowest BCUT2D eigenvalue weighted by Gasteiger charge is -2.13. The van der Waals surface area contributed by atoms with Crippen LogP contribution in [-0.4, -0.2) is 23.3 Å². The monoisotopic (exact) mass is 419 g/mol. The Morgan fingerprint density at radius 1 is 1.14 bits per heavy atom. The average molecular weight is 419 g/mol. The molecule has 1 heterocycles. The molecule has 1 aliphatic rings. The van der Waals surface area contributed by atoms with Crippen molar-refractivity contribution in [3.8, 4) is 10.6 Å². The van der Waals surface area contributed by atoms with Gasteiger partial charge in [0.2, 0.25) is 0 Å². The van der Waals surface area contributed by atoms with Crippen LogP contribution in [0.3, 0.4) is 0 Å². The van der Waals surface area contributed by atoms with Crippen molar-refractivity contribution < 1.29 is 22.7 Å². The summed E-state index contributed by atoms with van der Waals surface area (Å²) in [7, 11) is 1.30. The molecular formula is C20H16F3N3O2S. The molecule has 0 saturated heterocycles. The number of hydrogen-bond donors (Lipinski definition) is 1. The molecule has 0 radical (unpaired) electrons. The Bertz CT molecular complexity index is 1040. The van der Waals surface area contributed by atoms with Gasteiger partial charge in [0, 0.05) is 22.9 Å². The molecule has 3 aromatic rings. The van der Waals surface area contributed by atoms with E-state index < -0.39 is 17.7 Å². The van der Waals surface area contributed by atoms with E-state index in [-0.39, 0.29) is 0 Å². The summed E-state index contributed by atoms with van der Waals surface area (Å²) >= 11 is 1.45. The highest BCUT2D eigenvalue weighted by Gasteiger charge is 2.30. The molecule has 5 nitrogen and oxygen atoms in total. The fraction of sp³-hybridized carbons (Fsp3) is 0.250. The van der Waals surface area contributed by atoms with Gasteiger partial charge in [-0.15, -0.1) is 10.2 Å². The summed E-state index contributed by atoms with van der Waals surface area (Å²) in [6.45, 7) is 0. The Balaban J connectivity index is 1.68. The van der Waals surface area contributed by atoms with Crippen LogP contribution in [0, 0.1) is 0 Å². The van der Waals surface area contributed by atoms with Crippen molar-refractivity contribution in [2.45, 2.75) is 24.9 Å². The van der Waals surface area contributed by atoms with Gasteiger partial charge in [0.15, 0.2) is 0 Å². The van der Waals surface area contributed by atoms with Crippen molar-refractivity contribution in [1.82, 2.24) is 10.2 Å². The van der Waals surface area contributed by atoms with Gasteiger partial charge in [-0.1, -0.05) is 11.3 Å².